The molecular weight excluding hydrogens is 536 g/mol. The summed E-state index contributed by atoms with van der Waals surface area (Å²) in [6, 6.07) is 26.0. The van der Waals surface area contributed by atoms with Crippen molar-refractivity contribution in [1.82, 2.24) is 9.80 Å². The SMILES string of the molecule is CN1C(=O)N(C(Cc2ccccc2)C2=COCO2)CC1CCOc1ccc(CC(C)(Oc2ccccc2)C(=O)O)cc1. The normalized spacial score (nSPS) is 18.5. The summed E-state index contributed by atoms with van der Waals surface area (Å²) in [5.41, 5.74) is 0.510. The molecule has 5 rings (SSSR count). The lowest BCUT2D eigenvalue weighted by molar-refractivity contribution is -0.153. The Morgan fingerprint density at radius 2 is 1.69 bits per heavy atom. The number of likely N-dealkylation sites (N-methyl/N-ethyl adjacent to an activating group) is 1. The van der Waals surface area contributed by atoms with Crippen LogP contribution in [-0.4, -0.2) is 71.6 Å². The summed E-state index contributed by atoms with van der Waals surface area (Å²) in [7, 11) is 1.82. The fourth-order valence-corrected chi connectivity index (χ4v) is 5.27. The quantitative estimate of drug-likeness (QED) is 0.304. The Morgan fingerprint density at radius 3 is 2.33 bits per heavy atom. The van der Waals surface area contributed by atoms with Crippen molar-refractivity contribution in [2.45, 2.75) is 43.9 Å². The minimum Gasteiger partial charge on any atom is -0.494 e. The van der Waals surface area contributed by atoms with Gasteiger partial charge in [-0.25, -0.2) is 9.59 Å². The molecule has 0 saturated carbocycles. The van der Waals surface area contributed by atoms with E-state index >= 15 is 0 Å². The largest absolute Gasteiger partial charge is 0.494 e. The molecule has 42 heavy (non-hydrogen) atoms. The fourth-order valence-electron chi connectivity index (χ4n) is 5.27. The van der Waals surface area contributed by atoms with Gasteiger partial charge in [0, 0.05) is 32.9 Å². The highest BCUT2D eigenvalue weighted by molar-refractivity contribution is 5.78. The van der Waals surface area contributed by atoms with E-state index < -0.39 is 11.6 Å². The fraction of sp³-hybridized carbons (Fsp3) is 0.333. The number of hydrogen-bond acceptors (Lipinski definition) is 6. The lowest BCUT2D eigenvalue weighted by Crippen LogP contribution is -2.43. The first kappa shape index (κ1) is 28.9. The average molecular weight is 573 g/mol. The second kappa shape index (κ2) is 12.9. The standard InChI is InChI=1S/C33H36N2O7/c1-33(31(36)37,42-28-11-7-4-8-12-28)20-25-13-15-27(16-14-25)40-18-17-26-21-35(32(38)34(26)2)29(30-22-39-23-41-30)19-24-9-5-3-6-10-24/h3-16,22,26,29H,17-21,23H2,1-2H3,(H,36,37). The Bertz CT molecular complexity index is 1380. The number of nitrogens with zero attached hydrogens (tertiary/aromatic N) is 2. The number of hydrogen-bond donors (Lipinski definition) is 1. The molecule has 1 N–H and O–H groups in total. The number of carbonyl (C=O) groups excluding carboxylic acids is 1. The summed E-state index contributed by atoms with van der Waals surface area (Å²) >= 11 is 0. The van der Waals surface area contributed by atoms with E-state index in [0.717, 1.165) is 11.1 Å². The van der Waals surface area contributed by atoms with Crippen LogP contribution in [0.1, 0.15) is 24.5 Å². The average Bonchev–Trinajstić information content (AvgIpc) is 3.63. The van der Waals surface area contributed by atoms with Crippen LogP contribution in [0.25, 0.3) is 0 Å². The highest BCUT2D eigenvalue weighted by atomic mass is 16.7. The maximum atomic E-state index is 13.3. The molecule has 3 atom stereocenters. The zero-order chi connectivity index (χ0) is 29.5. The van der Waals surface area contributed by atoms with E-state index in [-0.39, 0.29) is 31.3 Å². The molecular formula is C33H36N2O7. The predicted molar refractivity (Wildman–Crippen MR) is 156 cm³/mol. The van der Waals surface area contributed by atoms with E-state index in [2.05, 4.69) is 0 Å². The van der Waals surface area contributed by atoms with Gasteiger partial charge in [-0.05, 0) is 42.3 Å². The first-order chi connectivity index (χ1) is 20.3. The first-order valence-corrected chi connectivity index (χ1v) is 14.0. The number of rotatable bonds is 13. The van der Waals surface area contributed by atoms with Crippen LogP contribution in [0.4, 0.5) is 4.79 Å². The van der Waals surface area contributed by atoms with Crippen molar-refractivity contribution in [3.05, 3.63) is 108 Å². The van der Waals surface area contributed by atoms with Gasteiger partial charge >= 0.3 is 12.0 Å². The second-order valence-electron chi connectivity index (χ2n) is 10.8. The Balaban J connectivity index is 1.16. The van der Waals surface area contributed by atoms with Crippen LogP contribution in [-0.2, 0) is 27.1 Å². The molecule has 3 aromatic carbocycles. The van der Waals surface area contributed by atoms with E-state index in [1.807, 2.05) is 72.6 Å². The van der Waals surface area contributed by atoms with Gasteiger partial charge in [0.2, 0.25) is 12.4 Å². The molecule has 3 aromatic rings. The number of amides is 2. The third kappa shape index (κ3) is 6.79. The van der Waals surface area contributed by atoms with Crippen LogP contribution in [0.5, 0.6) is 11.5 Å². The molecule has 2 heterocycles. The summed E-state index contributed by atoms with van der Waals surface area (Å²) in [6.45, 7) is 2.70. The van der Waals surface area contributed by atoms with Gasteiger partial charge in [0.15, 0.2) is 5.76 Å². The van der Waals surface area contributed by atoms with Gasteiger partial charge in [0.05, 0.1) is 18.7 Å². The topological polar surface area (TPSA) is 97.8 Å². The molecule has 0 aromatic heterocycles. The van der Waals surface area contributed by atoms with E-state index in [1.54, 1.807) is 42.4 Å². The minimum atomic E-state index is -1.42. The van der Waals surface area contributed by atoms with Crippen LogP contribution in [0.3, 0.4) is 0 Å². The number of ether oxygens (including phenoxy) is 4. The van der Waals surface area contributed by atoms with E-state index in [9.17, 15) is 14.7 Å². The van der Waals surface area contributed by atoms with Gasteiger partial charge in [-0.2, -0.15) is 0 Å². The molecule has 0 aliphatic carbocycles. The molecule has 0 spiro atoms. The molecule has 2 aliphatic heterocycles. The van der Waals surface area contributed by atoms with Crippen molar-refractivity contribution >= 4 is 12.0 Å². The van der Waals surface area contributed by atoms with Crippen molar-refractivity contribution in [2.24, 2.45) is 0 Å². The number of carbonyl (C=O) groups is 2. The molecule has 2 amide bonds. The van der Waals surface area contributed by atoms with E-state index in [0.29, 0.717) is 43.3 Å². The summed E-state index contributed by atoms with van der Waals surface area (Å²) < 4.78 is 22.9. The van der Waals surface area contributed by atoms with Crippen molar-refractivity contribution in [2.75, 3.05) is 27.0 Å². The van der Waals surface area contributed by atoms with Crippen molar-refractivity contribution in [1.29, 1.82) is 0 Å². The van der Waals surface area contributed by atoms with Crippen molar-refractivity contribution < 1.29 is 33.6 Å². The lowest BCUT2D eigenvalue weighted by atomic mass is 9.96. The number of aliphatic carboxylic acids is 1. The molecule has 220 valence electrons. The highest BCUT2D eigenvalue weighted by Gasteiger charge is 2.41. The Labute approximate surface area is 245 Å². The number of para-hydroxylation sites is 1. The Morgan fingerprint density at radius 1 is 1.00 bits per heavy atom. The number of benzene rings is 3. The van der Waals surface area contributed by atoms with Crippen LogP contribution in [0.2, 0.25) is 0 Å². The molecule has 9 heteroatoms. The summed E-state index contributed by atoms with van der Waals surface area (Å²) in [4.78, 5) is 29.0. The smallest absolute Gasteiger partial charge is 0.348 e. The van der Waals surface area contributed by atoms with Gasteiger partial charge < -0.3 is 33.9 Å². The third-order valence-corrected chi connectivity index (χ3v) is 7.70. The van der Waals surface area contributed by atoms with Gasteiger partial charge in [-0.3, -0.25) is 0 Å². The zero-order valence-corrected chi connectivity index (χ0v) is 23.8. The number of urea groups is 1. The van der Waals surface area contributed by atoms with Crippen molar-refractivity contribution in [3.8, 4) is 11.5 Å². The molecule has 9 nitrogen and oxygen atoms in total. The van der Waals surface area contributed by atoms with Gasteiger partial charge in [-0.1, -0.05) is 60.7 Å². The summed E-state index contributed by atoms with van der Waals surface area (Å²) in [5.74, 6) is 0.798. The predicted octanol–water partition coefficient (Wildman–Crippen LogP) is 5.11. The first-order valence-electron chi connectivity index (χ1n) is 14.0. The van der Waals surface area contributed by atoms with Crippen LogP contribution in [0.15, 0.2) is 97.0 Å². The number of carboxylic acid groups (broad SMARTS) is 1. The van der Waals surface area contributed by atoms with E-state index in [4.69, 9.17) is 18.9 Å². The molecule has 3 unspecified atom stereocenters. The Hall–Kier alpha value is -4.66. The van der Waals surface area contributed by atoms with Gasteiger partial charge in [0.1, 0.15) is 17.8 Å². The van der Waals surface area contributed by atoms with E-state index in [1.165, 1.54) is 0 Å². The zero-order valence-electron chi connectivity index (χ0n) is 23.8. The summed E-state index contributed by atoms with van der Waals surface area (Å²) in [6.07, 6.45) is 3.07. The lowest BCUT2D eigenvalue weighted by Gasteiger charge is -2.27. The monoisotopic (exact) mass is 572 g/mol. The summed E-state index contributed by atoms with van der Waals surface area (Å²) in [5, 5.41) is 9.86. The maximum absolute atomic E-state index is 13.3. The second-order valence-corrected chi connectivity index (χ2v) is 10.8. The maximum Gasteiger partial charge on any atom is 0.348 e. The molecule has 0 bridgehead atoms. The van der Waals surface area contributed by atoms with Gasteiger partial charge in [0.25, 0.3) is 0 Å². The van der Waals surface area contributed by atoms with Crippen LogP contribution in [0, 0.1) is 0 Å². The molecule has 0 radical (unpaired) electrons. The Kier molecular flexibility index (Phi) is 8.85. The van der Waals surface area contributed by atoms with Crippen molar-refractivity contribution in [3.63, 3.8) is 0 Å². The van der Waals surface area contributed by atoms with Crippen LogP contribution < -0.4 is 9.47 Å². The molecule has 2 aliphatic rings. The third-order valence-electron chi connectivity index (χ3n) is 7.70. The molecule has 1 fully saturated rings. The van der Waals surface area contributed by atoms with Gasteiger partial charge in [-0.15, -0.1) is 0 Å². The van der Waals surface area contributed by atoms with Crippen LogP contribution >= 0.6 is 0 Å². The minimum absolute atomic E-state index is 0.0237. The highest BCUT2D eigenvalue weighted by Crippen LogP contribution is 2.28. The number of carboxylic acids is 1. The molecule has 1 saturated heterocycles.